The van der Waals surface area contributed by atoms with Crippen LogP contribution in [0.5, 0.6) is 0 Å². The number of ether oxygens (including phenoxy) is 1. The molecule has 1 aromatic carbocycles. The minimum absolute atomic E-state index is 0.291. The van der Waals surface area contributed by atoms with Gasteiger partial charge in [0.05, 0.1) is 5.56 Å². The van der Waals surface area contributed by atoms with Gasteiger partial charge in [-0.05, 0) is 24.1 Å². The molecule has 2 heteroatoms. The molecule has 0 N–H and O–H groups in total. The molecule has 0 amide bonds. The van der Waals surface area contributed by atoms with E-state index in [4.69, 9.17) is 4.74 Å². The molecular formula is C12H14O2. The summed E-state index contributed by atoms with van der Waals surface area (Å²) in [5.74, 6) is -0.291. The van der Waals surface area contributed by atoms with E-state index in [1.165, 1.54) is 0 Å². The lowest BCUT2D eigenvalue weighted by Crippen LogP contribution is -2.07. The Morgan fingerprint density at radius 1 is 1.36 bits per heavy atom. The molecular weight excluding hydrogens is 176 g/mol. The fourth-order valence-electron chi connectivity index (χ4n) is 0.927. The maximum Gasteiger partial charge on any atom is 0.338 e. The highest BCUT2D eigenvalue weighted by atomic mass is 16.5. The van der Waals surface area contributed by atoms with E-state index < -0.39 is 0 Å². The number of hydrogen-bond donors (Lipinski definition) is 0. The highest BCUT2D eigenvalue weighted by Crippen LogP contribution is 2.03. The second-order valence-corrected chi connectivity index (χ2v) is 3.05. The molecule has 1 aromatic rings. The van der Waals surface area contributed by atoms with E-state index in [2.05, 4.69) is 6.58 Å². The summed E-state index contributed by atoms with van der Waals surface area (Å²) < 4.78 is 5.04. The fourth-order valence-corrected chi connectivity index (χ4v) is 0.927. The molecule has 0 spiro atoms. The third-order valence-electron chi connectivity index (χ3n) is 1.92. The summed E-state index contributed by atoms with van der Waals surface area (Å²) in [5, 5.41) is 0. The predicted molar refractivity (Wildman–Crippen MR) is 56.2 cm³/mol. The minimum Gasteiger partial charge on any atom is -0.458 e. The first kappa shape index (κ1) is 10.5. The van der Waals surface area contributed by atoms with Crippen LogP contribution in [0.2, 0.25) is 0 Å². The van der Waals surface area contributed by atoms with Gasteiger partial charge in [0.25, 0.3) is 0 Å². The molecule has 0 bridgehead atoms. The van der Waals surface area contributed by atoms with Crippen LogP contribution in [-0.2, 0) is 4.74 Å². The van der Waals surface area contributed by atoms with Crippen LogP contribution in [0.4, 0.5) is 0 Å². The highest BCUT2D eigenvalue weighted by Gasteiger charge is 2.05. The molecule has 0 atom stereocenters. The van der Waals surface area contributed by atoms with Gasteiger partial charge in [-0.25, -0.2) is 4.79 Å². The number of esters is 1. The first-order chi connectivity index (χ1) is 6.74. The normalized spacial score (nSPS) is 9.50. The largest absolute Gasteiger partial charge is 0.458 e. The van der Waals surface area contributed by atoms with E-state index in [-0.39, 0.29) is 5.97 Å². The molecule has 0 radical (unpaired) electrons. The van der Waals surface area contributed by atoms with Gasteiger partial charge in [-0.1, -0.05) is 31.7 Å². The Hall–Kier alpha value is -1.57. The summed E-state index contributed by atoms with van der Waals surface area (Å²) >= 11 is 0. The lowest BCUT2D eigenvalue weighted by atomic mass is 10.2. The van der Waals surface area contributed by atoms with Gasteiger partial charge in [0.1, 0.15) is 6.61 Å². The molecule has 0 aliphatic heterocycles. The van der Waals surface area contributed by atoms with E-state index >= 15 is 0 Å². The summed E-state index contributed by atoms with van der Waals surface area (Å²) in [7, 11) is 0. The van der Waals surface area contributed by atoms with Crippen molar-refractivity contribution in [2.24, 2.45) is 0 Å². The zero-order valence-electron chi connectivity index (χ0n) is 8.32. The standard InChI is InChI=1S/C12H14O2/c1-3-10(2)9-14-12(13)11-7-5-4-6-8-11/h4-8H,2-3,9H2,1H3. The Morgan fingerprint density at radius 3 is 2.57 bits per heavy atom. The molecule has 0 saturated carbocycles. The van der Waals surface area contributed by atoms with Gasteiger partial charge in [-0.3, -0.25) is 0 Å². The lowest BCUT2D eigenvalue weighted by molar-refractivity contribution is 0.0538. The Kier molecular flexibility index (Phi) is 3.92. The molecule has 14 heavy (non-hydrogen) atoms. The average molecular weight is 190 g/mol. The fraction of sp³-hybridized carbons (Fsp3) is 0.250. The van der Waals surface area contributed by atoms with Gasteiger partial charge in [0.15, 0.2) is 0 Å². The second-order valence-electron chi connectivity index (χ2n) is 3.05. The van der Waals surface area contributed by atoms with Crippen LogP contribution in [0.1, 0.15) is 23.7 Å². The van der Waals surface area contributed by atoms with Crippen molar-refractivity contribution in [3.63, 3.8) is 0 Å². The monoisotopic (exact) mass is 190 g/mol. The van der Waals surface area contributed by atoms with E-state index in [1.54, 1.807) is 12.1 Å². The molecule has 0 unspecified atom stereocenters. The zero-order valence-corrected chi connectivity index (χ0v) is 8.32. The van der Waals surface area contributed by atoms with Gasteiger partial charge < -0.3 is 4.74 Å². The van der Waals surface area contributed by atoms with Gasteiger partial charge in [0, 0.05) is 0 Å². The van der Waals surface area contributed by atoms with Crippen molar-refractivity contribution in [1.29, 1.82) is 0 Å². The summed E-state index contributed by atoms with van der Waals surface area (Å²) in [6, 6.07) is 8.95. The third-order valence-corrected chi connectivity index (χ3v) is 1.92. The smallest absolute Gasteiger partial charge is 0.338 e. The number of carbonyl (C=O) groups excluding carboxylic acids is 1. The molecule has 2 nitrogen and oxygen atoms in total. The van der Waals surface area contributed by atoms with E-state index in [0.29, 0.717) is 12.2 Å². The van der Waals surface area contributed by atoms with E-state index in [0.717, 1.165) is 12.0 Å². The molecule has 0 aromatic heterocycles. The average Bonchev–Trinajstić information content (AvgIpc) is 2.26. The van der Waals surface area contributed by atoms with E-state index in [1.807, 2.05) is 25.1 Å². The second kappa shape index (κ2) is 5.22. The molecule has 0 aliphatic rings. The highest BCUT2D eigenvalue weighted by molar-refractivity contribution is 5.89. The first-order valence-corrected chi connectivity index (χ1v) is 4.63. The number of benzene rings is 1. The van der Waals surface area contributed by atoms with Crippen molar-refractivity contribution < 1.29 is 9.53 Å². The maximum atomic E-state index is 11.4. The van der Waals surface area contributed by atoms with Crippen LogP contribution >= 0.6 is 0 Å². The summed E-state index contributed by atoms with van der Waals surface area (Å²) in [6.45, 7) is 6.06. The topological polar surface area (TPSA) is 26.3 Å². The quantitative estimate of drug-likeness (QED) is 0.539. The van der Waals surface area contributed by atoms with E-state index in [9.17, 15) is 4.79 Å². The van der Waals surface area contributed by atoms with Crippen LogP contribution < -0.4 is 0 Å². The molecule has 1 rings (SSSR count). The summed E-state index contributed by atoms with van der Waals surface area (Å²) in [6.07, 6.45) is 0.835. The predicted octanol–water partition coefficient (Wildman–Crippen LogP) is 2.81. The Balaban J connectivity index is 2.48. The SMILES string of the molecule is C=C(CC)COC(=O)c1ccccc1. The van der Waals surface area contributed by atoms with Crippen LogP contribution in [-0.4, -0.2) is 12.6 Å². The Labute approximate surface area is 84.2 Å². The van der Waals surface area contributed by atoms with Crippen molar-refractivity contribution in [3.8, 4) is 0 Å². The third kappa shape index (κ3) is 3.05. The van der Waals surface area contributed by atoms with Crippen LogP contribution in [0, 0.1) is 0 Å². The molecule has 0 saturated heterocycles. The Morgan fingerprint density at radius 2 is 2.00 bits per heavy atom. The molecule has 0 heterocycles. The van der Waals surface area contributed by atoms with Crippen molar-refractivity contribution >= 4 is 5.97 Å². The van der Waals surface area contributed by atoms with Crippen LogP contribution in [0.15, 0.2) is 42.5 Å². The maximum absolute atomic E-state index is 11.4. The number of hydrogen-bond acceptors (Lipinski definition) is 2. The van der Waals surface area contributed by atoms with Crippen molar-refractivity contribution in [2.45, 2.75) is 13.3 Å². The first-order valence-electron chi connectivity index (χ1n) is 4.63. The minimum atomic E-state index is -0.291. The van der Waals surface area contributed by atoms with Gasteiger partial charge in [0.2, 0.25) is 0 Å². The molecule has 0 fully saturated rings. The van der Waals surface area contributed by atoms with Gasteiger partial charge in [-0.15, -0.1) is 0 Å². The molecule has 74 valence electrons. The van der Waals surface area contributed by atoms with Gasteiger partial charge >= 0.3 is 5.97 Å². The van der Waals surface area contributed by atoms with Crippen molar-refractivity contribution in [3.05, 3.63) is 48.0 Å². The van der Waals surface area contributed by atoms with Crippen LogP contribution in [0.25, 0.3) is 0 Å². The van der Waals surface area contributed by atoms with Crippen molar-refractivity contribution in [1.82, 2.24) is 0 Å². The number of carbonyl (C=O) groups is 1. The van der Waals surface area contributed by atoms with Crippen LogP contribution in [0.3, 0.4) is 0 Å². The summed E-state index contributed by atoms with van der Waals surface area (Å²) in [5.41, 5.74) is 1.51. The Bertz CT molecular complexity index is 314. The molecule has 0 aliphatic carbocycles. The number of rotatable bonds is 4. The van der Waals surface area contributed by atoms with Crippen molar-refractivity contribution in [2.75, 3.05) is 6.61 Å². The van der Waals surface area contributed by atoms with Gasteiger partial charge in [-0.2, -0.15) is 0 Å². The zero-order chi connectivity index (χ0) is 10.4. The lowest BCUT2D eigenvalue weighted by Gasteiger charge is -2.04. The summed E-state index contributed by atoms with van der Waals surface area (Å²) in [4.78, 5) is 11.4.